The van der Waals surface area contributed by atoms with Gasteiger partial charge < -0.3 is 5.11 Å². The van der Waals surface area contributed by atoms with Crippen molar-refractivity contribution >= 4 is 0 Å². The third-order valence-electron chi connectivity index (χ3n) is 3.47. The van der Waals surface area contributed by atoms with Crippen molar-refractivity contribution < 1.29 is 5.11 Å². The fourth-order valence-corrected chi connectivity index (χ4v) is 2.56. The summed E-state index contributed by atoms with van der Waals surface area (Å²) in [6, 6.07) is 6.27. The van der Waals surface area contributed by atoms with Crippen molar-refractivity contribution in [1.82, 2.24) is 4.90 Å². The summed E-state index contributed by atoms with van der Waals surface area (Å²) < 4.78 is 0. The van der Waals surface area contributed by atoms with Crippen molar-refractivity contribution in [2.24, 2.45) is 0 Å². The molecule has 17 heavy (non-hydrogen) atoms. The second-order valence-electron chi connectivity index (χ2n) is 5.18. The standard InChI is InChI=1S/C15H21NO/c1-11(2)10-16-7-6-13-4-5-15(17)9-14(13)8-12(16)3/h4-5,9,12,17H,1,6-8,10H2,2-3H3. The van der Waals surface area contributed by atoms with Gasteiger partial charge in [0.1, 0.15) is 5.75 Å². The quantitative estimate of drug-likeness (QED) is 0.791. The molecule has 0 radical (unpaired) electrons. The lowest BCUT2D eigenvalue weighted by molar-refractivity contribution is 0.235. The molecule has 1 heterocycles. The largest absolute Gasteiger partial charge is 0.508 e. The molecule has 0 saturated carbocycles. The second-order valence-corrected chi connectivity index (χ2v) is 5.18. The van der Waals surface area contributed by atoms with Crippen LogP contribution in [0.5, 0.6) is 5.75 Å². The van der Waals surface area contributed by atoms with Gasteiger partial charge in [0.25, 0.3) is 0 Å². The minimum atomic E-state index is 0.379. The van der Waals surface area contributed by atoms with Gasteiger partial charge in [-0.15, -0.1) is 0 Å². The van der Waals surface area contributed by atoms with E-state index in [1.54, 1.807) is 6.07 Å². The molecule has 1 aromatic rings. The Morgan fingerprint density at radius 3 is 2.94 bits per heavy atom. The third kappa shape index (κ3) is 2.89. The summed E-state index contributed by atoms with van der Waals surface area (Å²) in [6.07, 6.45) is 2.07. The maximum Gasteiger partial charge on any atom is 0.115 e. The van der Waals surface area contributed by atoms with E-state index in [1.807, 2.05) is 6.07 Å². The monoisotopic (exact) mass is 231 g/mol. The zero-order valence-corrected chi connectivity index (χ0v) is 10.7. The predicted octanol–water partition coefficient (Wildman–Crippen LogP) is 2.76. The van der Waals surface area contributed by atoms with Crippen LogP contribution < -0.4 is 0 Å². The Balaban J connectivity index is 2.19. The Morgan fingerprint density at radius 2 is 2.24 bits per heavy atom. The topological polar surface area (TPSA) is 23.5 Å². The molecule has 1 aliphatic heterocycles. The lowest BCUT2D eigenvalue weighted by Gasteiger charge is -2.26. The summed E-state index contributed by atoms with van der Waals surface area (Å²) in [5, 5.41) is 9.55. The van der Waals surface area contributed by atoms with Crippen LogP contribution in [0, 0.1) is 0 Å². The van der Waals surface area contributed by atoms with Gasteiger partial charge in [-0.2, -0.15) is 0 Å². The van der Waals surface area contributed by atoms with E-state index in [0.717, 1.165) is 25.9 Å². The summed E-state index contributed by atoms with van der Waals surface area (Å²) >= 11 is 0. The van der Waals surface area contributed by atoms with Crippen molar-refractivity contribution in [2.75, 3.05) is 13.1 Å². The van der Waals surface area contributed by atoms with E-state index in [9.17, 15) is 5.11 Å². The molecule has 2 heteroatoms. The molecule has 1 unspecified atom stereocenters. The lowest BCUT2D eigenvalue weighted by atomic mass is 10.0. The fraction of sp³-hybridized carbons (Fsp3) is 0.467. The first-order chi connectivity index (χ1) is 8.06. The van der Waals surface area contributed by atoms with Crippen LogP contribution in [0.4, 0.5) is 0 Å². The molecule has 0 aliphatic carbocycles. The van der Waals surface area contributed by atoms with Crippen LogP contribution in [0.15, 0.2) is 30.4 Å². The molecule has 1 aliphatic rings. The van der Waals surface area contributed by atoms with Gasteiger partial charge in [-0.25, -0.2) is 0 Å². The van der Waals surface area contributed by atoms with Crippen LogP contribution in [-0.2, 0) is 12.8 Å². The van der Waals surface area contributed by atoms with Crippen LogP contribution in [0.1, 0.15) is 25.0 Å². The van der Waals surface area contributed by atoms with Gasteiger partial charge in [-0.1, -0.05) is 18.2 Å². The molecule has 1 aromatic carbocycles. The summed E-state index contributed by atoms with van der Waals surface area (Å²) in [6.45, 7) is 10.4. The van der Waals surface area contributed by atoms with Gasteiger partial charge in [0, 0.05) is 19.1 Å². The molecule has 1 N–H and O–H groups in total. The van der Waals surface area contributed by atoms with Crippen molar-refractivity contribution in [3.8, 4) is 5.75 Å². The van der Waals surface area contributed by atoms with Crippen LogP contribution in [-0.4, -0.2) is 29.1 Å². The van der Waals surface area contributed by atoms with E-state index in [4.69, 9.17) is 0 Å². The summed E-state index contributed by atoms with van der Waals surface area (Å²) in [7, 11) is 0. The molecule has 0 bridgehead atoms. The molecule has 0 amide bonds. The highest BCUT2D eigenvalue weighted by Gasteiger charge is 2.20. The maximum absolute atomic E-state index is 9.55. The Kier molecular flexibility index (Phi) is 3.53. The smallest absolute Gasteiger partial charge is 0.115 e. The Hall–Kier alpha value is -1.28. The van der Waals surface area contributed by atoms with Gasteiger partial charge in [0.15, 0.2) is 0 Å². The number of benzene rings is 1. The molecular formula is C15H21NO. The lowest BCUT2D eigenvalue weighted by Crippen LogP contribution is -2.35. The molecule has 2 nitrogen and oxygen atoms in total. The number of phenolic OH excluding ortho intramolecular Hbond substituents is 1. The number of hydrogen-bond acceptors (Lipinski definition) is 2. The first-order valence-corrected chi connectivity index (χ1v) is 6.25. The minimum Gasteiger partial charge on any atom is -0.508 e. The number of rotatable bonds is 2. The van der Waals surface area contributed by atoms with Crippen molar-refractivity contribution in [2.45, 2.75) is 32.7 Å². The number of nitrogens with zero attached hydrogens (tertiary/aromatic N) is 1. The van der Waals surface area contributed by atoms with Gasteiger partial charge in [-0.05, 0) is 49.9 Å². The van der Waals surface area contributed by atoms with Gasteiger partial charge in [-0.3, -0.25) is 4.90 Å². The molecule has 92 valence electrons. The Morgan fingerprint density at radius 1 is 1.47 bits per heavy atom. The van der Waals surface area contributed by atoms with Gasteiger partial charge in [0.05, 0.1) is 0 Å². The van der Waals surface area contributed by atoms with Crippen LogP contribution in [0.3, 0.4) is 0 Å². The van der Waals surface area contributed by atoms with Crippen LogP contribution in [0.2, 0.25) is 0 Å². The molecular weight excluding hydrogens is 210 g/mol. The van der Waals surface area contributed by atoms with E-state index < -0.39 is 0 Å². The fourth-order valence-electron chi connectivity index (χ4n) is 2.56. The van der Waals surface area contributed by atoms with Crippen molar-refractivity contribution in [1.29, 1.82) is 0 Å². The van der Waals surface area contributed by atoms with Crippen molar-refractivity contribution in [3.63, 3.8) is 0 Å². The first-order valence-electron chi connectivity index (χ1n) is 6.25. The van der Waals surface area contributed by atoms with E-state index in [2.05, 4.69) is 31.4 Å². The highest BCUT2D eigenvalue weighted by molar-refractivity contribution is 5.36. The highest BCUT2D eigenvalue weighted by Crippen LogP contribution is 2.23. The maximum atomic E-state index is 9.55. The van der Waals surface area contributed by atoms with Crippen LogP contribution >= 0.6 is 0 Å². The van der Waals surface area contributed by atoms with Gasteiger partial charge >= 0.3 is 0 Å². The Labute approximate surface area is 104 Å². The van der Waals surface area contributed by atoms with E-state index in [-0.39, 0.29) is 0 Å². The molecule has 0 aromatic heterocycles. The van der Waals surface area contributed by atoms with Gasteiger partial charge in [0.2, 0.25) is 0 Å². The third-order valence-corrected chi connectivity index (χ3v) is 3.47. The zero-order valence-electron chi connectivity index (χ0n) is 10.7. The van der Waals surface area contributed by atoms with E-state index >= 15 is 0 Å². The number of phenols is 1. The summed E-state index contributed by atoms with van der Waals surface area (Å²) in [4.78, 5) is 2.47. The van der Waals surface area contributed by atoms with Crippen LogP contribution in [0.25, 0.3) is 0 Å². The average Bonchev–Trinajstić information content (AvgIpc) is 2.38. The SMILES string of the molecule is C=C(C)CN1CCc2ccc(O)cc2CC1C. The molecule has 0 saturated heterocycles. The van der Waals surface area contributed by atoms with E-state index in [1.165, 1.54) is 16.7 Å². The average molecular weight is 231 g/mol. The molecule has 0 fully saturated rings. The second kappa shape index (κ2) is 4.92. The summed E-state index contributed by atoms with van der Waals surface area (Å²) in [5.74, 6) is 0.379. The number of hydrogen-bond donors (Lipinski definition) is 1. The first kappa shape index (κ1) is 12.2. The predicted molar refractivity (Wildman–Crippen MR) is 71.4 cm³/mol. The number of aromatic hydroxyl groups is 1. The number of fused-ring (bicyclic) bond motifs is 1. The molecule has 0 spiro atoms. The zero-order chi connectivity index (χ0) is 12.4. The minimum absolute atomic E-state index is 0.379. The van der Waals surface area contributed by atoms with Crippen molar-refractivity contribution in [3.05, 3.63) is 41.5 Å². The molecule has 2 rings (SSSR count). The normalized spacial score (nSPS) is 20.7. The highest BCUT2D eigenvalue weighted by atomic mass is 16.3. The summed E-state index contributed by atoms with van der Waals surface area (Å²) in [5.41, 5.74) is 3.88. The molecule has 1 atom stereocenters. The Bertz CT molecular complexity index is 425. The van der Waals surface area contributed by atoms with E-state index in [0.29, 0.717) is 11.8 Å².